The Labute approximate surface area is 73.0 Å². The third-order valence-corrected chi connectivity index (χ3v) is 1.50. The monoisotopic (exact) mass is 162 g/mol. The summed E-state index contributed by atoms with van der Waals surface area (Å²) in [6.45, 7) is 0.557. The Balaban J connectivity index is 2.75. The molecule has 0 aliphatic carbocycles. The molecule has 0 heterocycles. The van der Waals surface area contributed by atoms with E-state index in [-0.39, 0.29) is 6.61 Å². The summed E-state index contributed by atoms with van der Waals surface area (Å²) in [5.74, 6) is 0. The zero-order valence-corrected chi connectivity index (χ0v) is 6.75. The Kier molecular flexibility index (Phi) is 2.99. The Morgan fingerprint density at radius 2 is 2.25 bits per heavy atom. The molecule has 2 radical (unpaired) electrons. The fraction of sp³-hybridized carbons (Fsp3) is 0.250. The highest BCUT2D eigenvalue weighted by molar-refractivity contribution is 6.32. The van der Waals surface area contributed by atoms with E-state index in [9.17, 15) is 0 Å². The molecule has 0 bridgehead atoms. The molecule has 0 saturated heterocycles. The first-order valence-corrected chi connectivity index (χ1v) is 3.74. The lowest BCUT2D eigenvalue weighted by atomic mass is 9.95. The number of nitrogen functional groups attached to an aromatic ring is 1. The van der Waals surface area contributed by atoms with Gasteiger partial charge in [-0.25, -0.2) is 0 Å². The van der Waals surface area contributed by atoms with E-state index in [1.165, 1.54) is 0 Å². The lowest BCUT2D eigenvalue weighted by molar-refractivity contribution is 0.311. The molecule has 4 heteroatoms. The molecule has 1 aromatic rings. The molecule has 0 fully saturated rings. The van der Waals surface area contributed by atoms with Crippen LogP contribution in [0.15, 0.2) is 18.2 Å². The molecule has 12 heavy (non-hydrogen) atoms. The van der Waals surface area contributed by atoms with E-state index in [1.54, 1.807) is 18.2 Å². The van der Waals surface area contributed by atoms with Gasteiger partial charge < -0.3 is 16.2 Å². The number of rotatable bonds is 3. The summed E-state index contributed by atoms with van der Waals surface area (Å²) in [5.41, 5.74) is 7.69. The fourth-order valence-electron chi connectivity index (χ4n) is 0.918. The van der Waals surface area contributed by atoms with Crippen molar-refractivity contribution in [2.45, 2.75) is 0 Å². The quantitative estimate of drug-likeness (QED) is 0.413. The SMILES string of the molecule is [B]c1ccc(N)c(NCCO)c1. The van der Waals surface area contributed by atoms with Crippen LogP contribution < -0.4 is 16.5 Å². The smallest absolute Gasteiger partial charge is 0.113 e. The van der Waals surface area contributed by atoms with Crippen molar-refractivity contribution in [1.29, 1.82) is 0 Å². The van der Waals surface area contributed by atoms with Crippen molar-refractivity contribution < 1.29 is 5.11 Å². The summed E-state index contributed by atoms with van der Waals surface area (Å²) in [5, 5.41) is 11.5. The molecule has 0 unspecified atom stereocenters. The average Bonchev–Trinajstić information content (AvgIpc) is 2.07. The summed E-state index contributed by atoms with van der Waals surface area (Å²) in [4.78, 5) is 0. The second-order valence-electron chi connectivity index (χ2n) is 2.50. The molecule has 0 amide bonds. The number of hydrogen-bond donors (Lipinski definition) is 3. The molecule has 0 aliphatic rings. The summed E-state index contributed by atoms with van der Waals surface area (Å²) in [6.07, 6.45) is 0. The maximum Gasteiger partial charge on any atom is 0.113 e. The first kappa shape index (κ1) is 8.94. The van der Waals surface area contributed by atoms with Gasteiger partial charge in [-0.3, -0.25) is 0 Å². The van der Waals surface area contributed by atoms with Crippen LogP contribution in [0.5, 0.6) is 0 Å². The molecular formula is C8H11BN2O. The molecule has 1 rings (SSSR count). The average molecular weight is 162 g/mol. The summed E-state index contributed by atoms with van der Waals surface area (Å²) >= 11 is 0. The van der Waals surface area contributed by atoms with Crippen LogP contribution in [0.3, 0.4) is 0 Å². The number of aliphatic hydroxyl groups is 1. The molecule has 4 N–H and O–H groups in total. The Hall–Kier alpha value is -1.16. The van der Waals surface area contributed by atoms with Crippen LogP contribution in [0.2, 0.25) is 0 Å². The van der Waals surface area contributed by atoms with Crippen molar-refractivity contribution in [1.82, 2.24) is 0 Å². The van der Waals surface area contributed by atoms with Crippen molar-refractivity contribution in [3.8, 4) is 0 Å². The van der Waals surface area contributed by atoms with Crippen molar-refractivity contribution in [2.75, 3.05) is 24.2 Å². The Morgan fingerprint density at radius 1 is 1.50 bits per heavy atom. The largest absolute Gasteiger partial charge is 0.397 e. The van der Waals surface area contributed by atoms with Crippen LogP contribution in [0.1, 0.15) is 0 Å². The van der Waals surface area contributed by atoms with Gasteiger partial charge in [-0.15, -0.1) is 0 Å². The van der Waals surface area contributed by atoms with Gasteiger partial charge >= 0.3 is 0 Å². The zero-order chi connectivity index (χ0) is 8.97. The molecule has 0 saturated carbocycles. The van der Waals surface area contributed by atoms with Crippen LogP contribution in [0, 0.1) is 0 Å². The van der Waals surface area contributed by atoms with Crippen molar-refractivity contribution in [2.24, 2.45) is 0 Å². The predicted octanol–water partition coefficient (Wildman–Crippen LogP) is -0.533. The van der Waals surface area contributed by atoms with Gasteiger partial charge in [0.1, 0.15) is 7.85 Å². The van der Waals surface area contributed by atoms with Crippen molar-refractivity contribution in [3.05, 3.63) is 18.2 Å². The topological polar surface area (TPSA) is 58.3 Å². The molecule has 0 aromatic heterocycles. The first-order valence-electron chi connectivity index (χ1n) is 3.74. The summed E-state index contributed by atoms with van der Waals surface area (Å²) in [6, 6.07) is 5.21. The maximum absolute atomic E-state index is 8.55. The molecular weight excluding hydrogens is 151 g/mol. The van der Waals surface area contributed by atoms with Gasteiger partial charge in [-0.05, 0) is 12.1 Å². The highest BCUT2D eigenvalue weighted by Crippen LogP contribution is 2.14. The van der Waals surface area contributed by atoms with Crippen LogP contribution in [-0.2, 0) is 0 Å². The van der Waals surface area contributed by atoms with E-state index in [1.807, 2.05) is 0 Å². The second-order valence-corrected chi connectivity index (χ2v) is 2.50. The normalized spacial score (nSPS) is 9.75. The molecule has 0 spiro atoms. The number of anilines is 2. The van der Waals surface area contributed by atoms with Crippen LogP contribution in [0.4, 0.5) is 11.4 Å². The number of hydrogen-bond acceptors (Lipinski definition) is 3. The van der Waals surface area contributed by atoms with Crippen LogP contribution in [-0.4, -0.2) is 26.1 Å². The third-order valence-electron chi connectivity index (χ3n) is 1.50. The van der Waals surface area contributed by atoms with E-state index >= 15 is 0 Å². The van der Waals surface area contributed by atoms with E-state index < -0.39 is 0 Å². The summed E-state index contributed by atoms with van der Waals surface area (Å²) < 4.78 is 0. The number of aliphatic hydroxyl groups excluding tert-OH is 1. The predicted molar refractivity (Wildman–Crippen MR) is 51.8 cm³/mol. The summed E-state index contributed by atoms with van der Waals surface area (Å²) in [7, 11) is 5.54. The van der Waals surface area contributed by atoms with Gasteiger partial charge in [0.2, 0.25) is 0 Å². The third kappa shape index (κ3) is 2.17. The highest BCUT2D eigenvalue weighted by Gasteiger charge is 1.96. The Morgan fingerprint density at radius 3 is 2.92 bits per heavy atom. The minimum Gasteiger partial charge on any atom is -0.397 e. The standard InChI is InChI=1S/C8H11BN2O/c9-6-1-2-7(10)8(5-6)11-3-4-12/h1-2,5,11-12H,3-4,10H2. The highest BCUT2D eigenvalue weighted by atomic mass is 16.3. The van der Waals surface area contributed by atoms with Gasteiger partial charge in [0, 0.05) is 6.54 Å². The van der Waals surface area contributed by atoms with Crippen molar-refractivity contribution >= 4 is 24.7 Å². The van der Waals surface area contributed by atoms with Gasteiger partial charge in [0.15, 0.2) is 0 Å². The van der Waals surface area contributed by atoms with E-state index in [2.05, 4.69) is 5.32 Å². The molecule has 1 aromatic carbocycles. The maximum atomic E-state index is 8.55. The number of nitrogens with two attached hydrogens (primary N) is 1. The molecule has 0 atom stereocenters. The van der Waals surface area contributed by atoms with Crippen molar-refractivity contribution in [3.63, 3.8) is 0 Å². The number of nitrogens with one attached hydrogen (secondary N) is 1. The van der Waals surface area contributed by atoms with Crippen LogP contribution in [0.25, 0.3) is 0 Å². The van der Waals surface area contributed by atoms with Gasteiger partial charge in [0.05, 0.1) is 18.0 Å². The molecule has 62 valence electrons. The molecule has 0 aliphatic heterocycles. The Bertz CT molecular complexity index is 265. The molecule has 3 nitrogen and oxygen atoms in total. The lowest BCUT2D eigenvalue weighted by Crippen LogP contribution is -2.11. The van der Waals surface area contributed by atoms with Crippen LogP contribution >= 0.6 is 0 Å². The minimum absolute atomic E-state index is 0.0776. The van der Waals surface area contributed by atoms with Gasteiger partial charge in [-0.1, -0.05) is 11.5 Å². The lowest BCUT2D eigenvalue weighted by Gasteiger charge is -2.08. The van der Waals surface area contributed by atoms with E-state index in [0.717, 1.165) is 5.69 Å². The minimum atomic E-state index is 0.0776. The second kappa shape index (κ2) is 4.02. The van der Waals surface area contributed by atoms with E-state index in [4.69, 9.17) is 18.7 Å². The zero-order valence-electron chi connectivity index (χ0n) is 6.75. The van der Waals surface area contributed by atoms with E-state index in [0.29, 0.717) is 17.7 Å². The van der Waals surface area contributed by atoms with Gasteiger partial charge in [0.25, 0.3) is 0 Å². The first-order chi connectivity index (χ1) is 5.74. The van der Waals surface area contributed by atoms with Gasteiger partial charge in [-0.2, -0.15) is 0 Å². The number of benzene rings is 1. The fourth-order valence-corrected chi connectivity index (χ4v) is 0.918.